The van der Waals surface area contributed by atoms with E-state index in [0.717, 1.165) is 32.6 Å². The molecule has 0 unspecified atom stereocenters. The van der Waals surface area contributed by atoms with E-state index >= 15 is 0 Å². The highest BCUT2D eigenvalue weighted by Gasteiger charge is 2.17. The van der Waals surface area contributed by atoms with Gasteiger partial charge in [0, 0.05) is 21.3 Å². The molecule has 172 valence electrons. The predicted molar refractivity (Wildman–Crippen MR) is 139 cm³/mol. The van der Waals surface area contributed by atoms with Crippen LogP contribution in [0.15, 0.2) is 87.5 Å². The van der Waals surface area contributed by atoms with Crippen LogP contribution in [0.3, 0.4) is 0 Å². The van der Waals surface area contributed by atoms with Crippen LogP contribution in [0.25, 0.3) is 17.1 Å². The van der Waals surface area contributed by atoms with Crippen molar-refractivity contribution in [2.75, 3.05) is 12.9 Å². The van der Waals surface area contributed by atoms with Crippen LogP contribution >= 0.6 is 27.7 Å². The zero-order valence-electron chi connectivity index (χ0n) is 18.6. The number of carbonyl (C=O) groups excluding carboxylic acids is 1. The highest BCUT2D eigenvalue weighted by Crippen LogP contribution is 2.29. The van der Waals surface area contributed by atoms with Gasteiger partial charge in [0.1, 0.15) is 5.75 Å². The smallest absolute Gasteiger partial charge is 0.250 e. The quantitative estimate of drug-likeness (QED) is 0.189. The molecule has 3 aromatic carbocycles. The molecule has 1 amide bonds. The normalized spacial score (nSPS) is 11.0. The lowest BCUT2D eigenvalue weighted by Gasteiger charge is -2.11. The minimum absolute atomic E-state index is 0.134. The van der Waals surface area contributed by atoms with Crippen LogP contribution in [0, 0.1) is 6.92 Å². The van der Waals surface area contributed by atoms with Gasteiger partial charge in [0.15, 0.2) is 11.0 Å². The van der Waals surface area contributed by atoms with Gasteiger partial charge in [0.05, 0.1) is 19.1 Å². The number of halogens is 1. The van der Waals surface area contributed by atoms with E-state index in [-0.39, 0.29) is 11.7 Å². The molecule has 0 atom stereocenters. The van der Waals surface area contributed by atoms with E-state index in [1.165, 1.54) is 11.8 Å². The van der Waals surface area contributed by atoms with Crippen LogP contribution in [0.1, 0.15) is 11.1 Å². The molecule has 1 aromatic heterocycles. The van der Waals surface area contributed by atoms with E-state index in [2.05, 4.69) is 36.7 Å². The van der Waals surface area contributed by atoms with E-state index < -0.39 is 0 Å². The summed E-state index contributed by atoms with van der Waals surface area (Å²) in [6.45, 7) is 2.04. The first-order valence-electron chi connectivity index (χ1n) is 10.4. The van der Waals surface area contributed by atoms with Gasteiger partial charge < -0.3 is 4.74 Å². The maximum absolute atomic E-state index is 12.4. The van der Waals surface area contributed by atoms with Gasteiger partial charge in [-0.3, -0.25) is 9.36 Å². The molecular formula is C25H22BrN5O2S. The maximum Gasteiger partial charge on any atom is 0.250 e. The van der Waals surface area contributed by atoms with Crippen molar-refractivity contribution in [1.29, 1.82) is 0 Å². The summed E-state index contributed by atoms with van der Waals surface area (Å²) in [5, 5.41) is 13.4. The molecule has 34 heavy (non-hydrogen) atoms. The van der Waals surface area contributed by atoms with Crippen molar-refractivity contribution in [2.45, 2.75) is 12.1 Å². The molecule has 1 heterocycles. The Kier molecular flexibility index (Phi) is 7.76. The Hall–Kier alpha value is -3.43. The molecule has 0 aliphatic heterocycles. The number of carbonyl (C=O) groups is 1. The Morgan fingerprint density at radius 3 is 2.53 bits per heavy atom. The number of nitrogens with one attached hydrogen (secondary N) is 1. The third-order valence-corrected chi connectivity index (χ3v) is 6.56. The first-order chi connectivity index (χ1) is 16.5. The van der Waals surface area contributed by atoms with Crippen LogP contribution in [0.2, 0.25) is 0 Å². The Morgan fingerprint density at radius 1 is 1.09 bits per heavy atom. The lowest BCUT2D eigenvalue weighted by molar-refractivity contribution is -0.118. The minimum atomic E-state index is -0.241. The van der Waals surface area contributed by atoms with Crippen LogP contribution in [0.4, 0.5) is 0 Å². The third-order valence-electron chi connectivity index (χ3n) is 4.90. The van der Waals surface area contributed by atoms with Crippen LogP contribution in [-0.4, -0.2) is 39.7 Å². The van der Waals surface area contributed by atoms with Crippen LogP contribution < -0.4 is 10.2 Å². The molecular weight excluding hydrogens is 514 g/mol. The summed E-state index contributed by atoms with van der Waals surface area (Å²) in [7, 11) is 1.63. The Balaban J connectivity index is 1.53. The topological polar surface area (TPSA) is 81.4 Å². The van der Waals surface area contributed by atoms with Crippen molar-refractivity contribution in [3.8, 4) is 22.8 Å². The van der Waals surface area contributed by atoms with Gasteiger partial charge in [-0.2, -0.15) is 5.10 Å². The molecule has 0 saturated carbocycles. The lowest BCUT2D eigenvalue weighted by Crippen LogP contribution is -2.20. The molecule has 0 radical (unpaired) electrons. The van der Waals surface area contributed by atoms with Crippen molar-refractivity contribution in [1.82, 2.24) is 20.2 Å². The number of hydrazone groups is 1. The number of methoxy groups -OCH3 is 1. The molecule has 4 aromatic rings. The summed E-state index contributed by atoms with van der Waals surface area (Å²) < 4.78 is 8.12. The fraction of sp³-hybridized carbons (Fsp3) is 0.120. The van der Waals surface area contributed by atoms with Crippen LogP contribution in [-0.2, 0) is 4.79 Å². The number of thioether (sulfide) groups is 1. The van der Waals surface area contributed by atoms with Crippen molar-refractivity contribution in [3.63, 3.8) is 0 Å². The number of rotatable bonds is 8. The fourth-order valence-corrected chi connectivity index (χ4v) is 4.26. The summed E-state index contributed by atoms with van der Waals surface area (Å²) in [5.41, 5.74) is 6.40. The number of aromatic nitrogens is 3. The van der Waals surface area contributed by atoms with Crippen molar-refractivity contribution < 1.29 is 9.53 Å². The molecule has 0 spiro atoms. The summed E-state index contributed by atoms with van der Waals surface area (Å²) >= 11 is 4.75. The largest absolute Gasteiger partial charge is 0.497 e. The second kappa shape index (κ2) is 11.1. The minimum Gasteiger partial charge on any atom is -0.497 e. The van der Waals surface area contributed by atoms with Gasteiger partial charge >= 0.3 is 0 Å². The first kappa shape index (κ1) is 23.7. The molecule has 0 aliphatic rings. The number of ether oxygens (including phenoxy) is 1. The van der Waals surface area contributed by atoms with E-state index in [0.29, 0.717) is 11.0 Å². The van der Waals surface area contributed by atoms with Crippen LogP contribution in [0.5, 0.6) is 5.75 Å². The van der Waals surface area contributed by atoms with Gasteiger partial charge in [-0.1, -0.05) is 75.7 Å². The standard InChI is InChI=1S/C25H22BrN5O2S/c1-17-7-9-18(10-8-17)24-29-30-25(31(24)20-11-13-21(33-2)14-12-20)34-16-23(32)28-27-15-19-5-3-4-6-22(19)26/h3-15H,16H2,1-2H3,(H,28,32)/b27-15+. The number of amides is 1. The first-order valence-corrected chi connectivity index (χ1v) is 12.2. The zero-order valence-corrected chi connectivity index (χ0v) is 21.0. The van der Waals surface area contributed by atoms with E-state index in [1.54, 1.807) is 13.3 Å². The summed E-state index contributed by atoms with van der Waals surface area (Å²) in [6, 6.07) is 23.4. The second-order valence-electron chi connectivity index (χ2n) is 7.31. The van der Waals surface area contributed by atoms with Gasteiger partial charge in [0.25, 0.3) is 5.91 Å². The average molecular weight is 536 g/mol. The number of aryl methyl sites for hydroxylation is 1. The van der Waals surface area contributed by atoms with Crippen molar-refractivity contribution in [3.05, 3.63) is 88.4 Å². The Morgan fingerprint density at radius 2 is 1.82 bits per heavy atom. The predicted octanol–water partition coefficient (Wildman–Crippen LogP) is 5.26. The third kappa shape index (κ3) is 5.73. The summed E-state index contributed by atoms with van der Waals surface area (Å²) in [5.74, 6) is 1.34. The average Bonchev–Trinajstić information content (AvgIpc) is 3.28. The molecule has 4 rings (SSSR count). The molecule has 0 fully saturated rings. The van der Waals surface area contributed by atoms with Gasteiger partial charge in [-0.15, -0.1) is 10.2 Å². The summed E-state index contributed by atoms with van der Waals surface area (Å²) in [4.78, 5) is 12.4. The highest BCUT2D eigenvalue weighted by atomic mass is 79.9. The number of hydrogen-bond acceptors (Lipinski definition) is 6. The fourth-order valence-electron chi connectivity index (χ4n) is 3.13. The molecule has 7 nitrogen and oxygen atoms in total. The van der Waals surface area contributed by atoms with Crippen molar-refractivity contribution in [2.24, 2.45) is 5.10 Å². The second-order valence-corrected chi connectivity index (χ2v) is 9.11. The van der Waals surface area contributed by atoms with Crippen molar-refractivity contribution >= 4 is 39.8 Å². The van der Waals surface area contributed by atoms with E-state index in [4.69, 9.17) is 4.74 Å². The maximum atomic E-state index is 12.4. The van der Waals surface area contributed by atoms with Gasteiger partial charge in [0.2, 0.25) is 0 Å². The lowest BCUT2D eigenvalue weighted by atomic mass is 10.1. The highest BCUT2D eigenvalue weighted by molar-refractivity contribution is 9.10. The van der Waals surface area contributed by atoms with Gasteiger partial charge in [-0.25, -0.2) is 5.43 Å². The SMILES string of the molecule is COc1ccc(-n2c(SCC(=O)N/N=C/c3ccccc3Br)nnc2-c2ccc(C)cc2)cc1. The Bertz CT molecular complexity index is 1300. The summed E-state index contributed by atoms with van der Waals surface area (Å²) in [6.07, 6.45) is 1.60. The molecule has 0 saturated heterocycles. The molecule has 9 heteroatoms. The number of hydrogen-bond donors (Lipinski definition) is 1. The zero-order chi connectivity index (χ0) is 23.9. The number of benzene rings is 3. The Labute approximate surface area is 210 Å². The molecule has 0 bridgehead atoms. The monoisotopic (exact) mass is 535 g/mol. The van der Waals surface area contributed by atoms with Gasteiger partial charge in [-0.05, 0) is 37.3 Å². The van der Waals surface area contributed by atoms with E-state index in [1.807, 2.05) is 84.3 Å². The molecule has 1 N–H and O–H groups in total. The molecule has 0 aliphatic carbocycles. The van der Waals surface area contributed by atoms with E-state index in [9.17, 15) is 4.79 Å². The number of nitrogens with zero attached hydrogens (tertiary/aromatic N) is 4.